The van der Waals surface area contributed by atoms with Gasteiger partial charge in [0.05, 0.1) is 18.6 Å². The predicted molar refractivity (Wildman–Crippen MR) is 116 cm³/mol. The third kappa shape index (κ3) is 4.60. The lowest BCUT2D eigenvalue weighted by Gasteiger charge is -2.16. The summed E-state index contributed by atoms with van der Waals surface area (Å²) in [5, 5.41) is 14.0. The Labute approximate surface area is 185 Å². The van der Waals surface area contributed by atoms with E-state index in [2.05, 4.69) is 34.9 Å². The van der Waals surface area contributed by atoms with Crippen LogP contribution >= 0.6 is 0 Å². The largest absolute Gasteiger partial charge is 0.480 e. The van der Waals surface area contributed by atoms with Gasteiger partial charge >= 0.3 is 12.1 Å². The van der Waals surface area contributed by atoms with Gasteiger partial charge in [-0.2, -0.15) is 0 Å². The Morgan fingerprint density at radius 2 is 1.72 bits per heavy atom. The number of rotatable bonds is 7. The number of hydrogen-bond donors (Lipinski definition) is 3. The topological polar surface area (TPSA) is 114 Å². The molecule has 1 fully saturated rings. The molecule has 2 aliphatic rings. The number of carboxylic acid groups (broad SMARTS) is 1. The smallest absolute Gasteiger partial charge is 0.407 e. The number of alkyl carbamates (subject to hydrolysis) is 1. The van der Waals surface area contributed by atoms with Gasteiger partial charge in [-0.05, 0) is 35.6 Å². The van der Waals surface area contributed by atoms with E-state index in [4.69, 9.17) is 14.6 Å². The lowest BCUT2D eigenvalue weighted by atomic mass is 9.98. The van der Waals surface area contributed by atoms with Crippen LogP contribution in [0, 0.1) is 5.92 Å². The van der Waals surface area contributed by atoms with Crippen LogP contribution in [0.2, 0.25) is 0 Å². The summed E-state index contributed by atoms with van der Waals surface area (Å²) in [6, 6.07) is 15.3. The minimum absolute atomic E-state index is 0.0137. The van der Waals surface area contributed by atoms with Crippen molar-refractivity contribution in [3.63, 3.8) is 0 Å². The Kier molecular flexibility index (Phi) is 6.41. The first-order chi connectivity index (χ1) is 15.4. The number of fused-ring (bicyclic) bond motifs is 3. The van der Waals surface area contributed by atoms with Crippen molar-refractivity contribution in [1.29, 1.82) is 0 Å². The molecule has 1 saturated heterocycles. The summed E-state index contributed by atoms with van der Waals surface area (Å²) in [6.07, 6.45) is -0.462. The van der Waals surface area contributed by atoms with Gasteiger partial charge in [0, 0.05) is 12.5 Å². The molecule has 32 heavy (non-hydrogen) atoms. The van der Waals surface area contributed by atoms with E-state index in [1.807, 2.05) is 24.3 Å². The van der Waals surface area contributed by atoms with E-state index >= 15 is 0 Å². The van der Waals surface area contributed by atoms with Crippen LogP contribution in [0.15, 0.2) is 48.5 Å². The van der Waals surface area contributed by atoms with Crippen LogP contribution in [0.1, 0.15) is 30.4 Å². The maximum absolute atomic E-state index is 12.3. The third-order valence-electron chi connectivity index (χ3n) is 6.00. The molecule has 2 amide bonds. The van der Waals surface area contributed by atoms with Crippen molar-refractivity contribution < 1.29 is 29.0 Å². The monoisotopic (exact) mass is 438 g/mol. The second-order valence-corrected chi connectivity index (χ2v) is 8.16. The number of carbonyl (C=O) groups excluding carboxylic acids is 2. The van der Waals surface area contributed by atoms with Crippen LogP contribution < -0.4 is 10.6 Å². The van der Waals surface area contributed by atoms with Gasteiger partial charge in [0.25, 0.3) is 0 Å². The molecule has 0 saturated carbocycles. The Bertz CT molecular complexity index is 978. The van der Waals surface area contributed by atoms with E-state index in [1.54, 1.807) is 0 Å². The first-order valence-electron chi connectivity index (χ1n) is 10.7. The number of benzene rings is 2. The second kappa shape index (κ2) is 9.40. The zero-order chi connectivity index (χ0) is 22.7. The van der Waals surface area contributed by atoms with Crippen LogP contribution in [-0.4, -0.2) is 55.0 Å². The van der Waals surface area contributed by atoms with Crippen molar-refractivity contribution in [2.24, 2.45) is 5.92 Å². The summed E-state index contributed by atoms with van der Waals surface area (Å²) in [4.78, 5) is 35.3. The van der Waals surface area contributed by atoms with Gasteiger partial charge in [0.2, 0.25) is 5.91 Å². The van der Waals surface area contributed by atoms with Crippen molar-refractivity contribution in [3.8, 4) is 11.1 Å². The third-order valence-corrected chi connectivity index (χ3v) is 6.00. The zero-order valence-electron chi connectivity index (χ0n) is 17.7. The number of aliphatic carboxylic acids is 1. The molecule has 8 heteroatoms. The van der Waals surface area contributed by atoms with E-state index in [0.717, 1.165) is 22.3 Å². The molecule has 0 aromatic heterocycles. The highest BCUT2D eigenvalue weighted by molar-refractivity contribution is 5.85. The van der Waals surface area contributed by atoms with Gasteiger partial charge in [-0.3, -0.25) is 9.59 Å². The van der Waals surface area contributed by atoms with Gasteiger partial charge in [-0.15, -0.1) is 0 Å². The molecule has 0 bridgehead atoms. The Morgan fingerprint density at radius 3 is 2.34 bits per heavy atom. The van der Waals surface area contributed by atoms with Crippen LogP contribution in [0.4, 0.5) is 4.79 Å². The number of ether oxygens (including phenoxy) is 2. The molecule has 8 nitrogen and oxygen atoms in total. The van der Waals surface area contributed by atoms with Crippen LogP contribution in [0.25, 0.3) is 11.1 Å². The maximum Gasteiger partial charge on any atom is 0.407 e. The van der Waals surface area contributed by atoms with E-state index < -0.39 is 24.0 Å². The molecule has 4 rings (SSSR count). The summed E-state index contributed by atoms with van der Waals surface area (Å²) in [7, 11) is 0. The first-order valence-corrected chi connectivity index (χ1v) is 10.7. The number of amides is 2. The maximum atomic E-state index is 12.3. The first kappa shape index (κ1) is 21.8. The summed E-state index contributed by atoms with van der Waals surface area (Å²) in [5.41, 5.74) is 4.62. The van der Waals surface area contributed by atoms with Crippen molar-refractivity contribution in [1.82, 2.24) is 10.6 Å². The fraction of sp³-hybridized carbons (Fsp3) is 0.375. The molecule has 2 aromatic carbocycles. The molecule has 2 unspecified atom stereocenters. The number of carbonyl (C=O) groups is 3. The SMILES string of the molecule is C[C@H](NC(=O)C1COC(CNC(=O)OCC2c3ccccc3-c3ccccc32)C1)C(=O)O. The summed E-state index contributed by atoms with van der Waals surface area (Å²) in [5.74, 6) is -1.90. The average Bonchev–Trinajstić information content (AvgIpc) is 3.39. The molecule has 1 aliphatic carbocycles. The van der Waals surface area contributed by atoms with Gasteiger partial charge < -0.3 is 25.2 Å². The highest BCUT2D eigenvalue weighted by atomic mass is 16.5. The van der Waals surface area contributed by atoms with E-state index in [-0.39, 0.29) is 37.7 Å². The highest BCUT2D eigenvalue weighted by Gasteiger charge is 2.33. The quantitative estimate of drug-likeness (QED) is 0.612. The molecule has 168 valence electrons. The molecule has 3 N–H and O–H groups in total. The standard InChI is InChI=1S/C24H26N2O6/c1-14(23(28)29)26-22(27)15-10-16(31-12-15)11-25-24(30)32-13-21-19-8-4-2-6-17(19)18-7-3-5-9-20(18)21/h2-9,14-16,21H,10-13H2,1H3,(H,25,30)(H,26,27)(H,28,29)/t14-,15?,16?/m0/s1. The van der Waals surface area contributed by atoms with Crippen molar-refractivity contribution in [3.05, 3.63) is 59.7 Å². The second-order valence-electron chi connectivity index (χ2n) is 8.16. The summed E-state index contributed by atoms with van der Waals surface area (Å²) in [6.45, 7) is 2.04. The minimum atomic E-state index is -1.09. The Balaban J connectivity index is 1.25. The summed E-state index contributed by atoms with van der Waals surface area (Å²) < 4.78 is 11.1. The highest BCUT2D eigenvalue weighted by Crippen LogP contribution is 2.44. The van der Waals surface area contributed by atoms with E-state index in [9.17, 15) is 14.4 Å². The van der Waals surface area contributed by atoms with Gasteiger partial charge in [-0.1, -0.05) is 48.5 Å². The zero-order valence-corrected chi connectivity index (χ0v) is 17.7. The van der Waals surface area contributed by atoms with Crippen molar-refractivity contribution >= 4 is 18.0 Å². The Morgan fingerprint density at radius 1 is 1.09 bits per heavy atom. The summed E-state index contributed by atoms with van der Waals surface area (Å²) >= 11 is 0. The van der Waals surface area contributed by atoms with Crippen molar-refractivity contribution in [2.45, 2.75) is 31.4 Å². The molecule has 2 aromatic rings. The van der Waals surface area contributed by atoms with Crippen LogP contribution in [-0.2, 0) is 19.1 Å². The predicted octanol–water partition coefficient (Wildman–Crippen LogP) is 2.52. The molecule has 1 aliphatic heterocycles. The van der Waals surface area contributed by atoms with Crippen LogP contribution in [0.5, 0.6) is 0 Å². The van der Waals surface area contributed by atoms with E-state index in [1.165, 1.54) is 6.92 Å². The van der Waals surface area contributed by atoms with E-state index in [0.29, 0.717) is 6.42 Å². The molecular weight excluding hydrogens is 412 g/mol. The normalized spacial score (nSPS) is 20.2. The number of carboxylic acids is 1. The molecule has 3 atom stereocenters. The average molecular weight is 438 g/mol. The minimum Gasteiger partial charge on any atom is -0.480 e. The fourth-order valence-electron chi connectivity index (χ4n) is 4.27. The number of hydrogen-bond acceptors (Lipinski definition) is 5. The van der Waals surface area contributed by atoms with Gasteiger partial charge in [0.1, 0.15) is 12.6 Å². The lowest BCUT2D eigenvalue weighted by Crippen LogP contribution is -2.42. The molecule has 0 spiro atoms. The number of nitrogens with one attached hydrogen (secondary N) is 2. The fourth-order valence-corrected chi connectivity index (χ4v) is 4.27. The lowest BCUT2D eigenvalue weighted by molar-refractivity contribution is -0.141. The Hall–Kier alpha value is -3.39. The van der Waals surface area contributed by atoms with Crippen LogP contribution in [0.3, 0.4) is 0 Å². The van der Waals surface area contributed by atoms with Gasteiger partial charge in [0.15, 0.2) is 0 Å². The molecule has 0 radical (unpaired) electrons. The van der Waals surface area contributed by atoms with Crippen molar-refractivity contribution in [2.75, 3.05) is 19.8 Å². The molecule has 1 heterocycles. The molecular formula is C24H26N2O6. The van der Waals surface area contributed by atoms with Gasteiger partial charge in [-0.25, -0.2) is 4.79 Å².